The second kappa shape index (κ2) is 7.16. The van der Waals surface area contributed by atoms with Gasteiger partial charge in [0.1, 0.15) is 11.0 Å². The number of fused-ring (bicyclic) bond motifs is 1. The first-order valence-corrected chi connectivity index (χ1v) is 9.08. The molecular weight excluding hydrogens is 355 g/mol. The minimum absolute atomic E-state index is 0.598. The molecule has 0 saturated carbocycles. The number of halogens is 2. The normalized spacial score (nSPS) is 15.7. The van der Waals surface area contributed by atoms with E-state index in [1.54, 1.807) is 6.20 Å². The van der Waals surface area contributed by atoms with Gasteiger partial charge in [0.05, 0.1) is 10.5 Å². The number of benzene rings is 1. The Balaban J connectivity index is 1.43. The third kappa shape index (κ3) is 3.71. The molecule has 0 N–H and O–H groups in total. The Bertz CT molecular complexity index is 874. The standard InChI is InChI=1S/C19H18Cl2N4/c20-16-5-6-18(22-12-16)25-9-7-24(8-10-25)13-15-11-14-3-1-2-4-17(14)23-19(15)21/h1-6,11-12H,7-10,13H2. The Morgan fingerprint density at radius 1 is 0.960 bits per heavy atom. The lowest BCUT2D eigenvalue weighted by molar-refractivity contribution is 0.249. The molecule has 0 atom stereocenters. The van der Waals surface area contributed by atoms with Crippen molar-refractivity contribution in [2.45, 2.75) is 6.54 Å². The highest BCUT2D eigenvalue weighted by atomic mass is 35.5. The molecule has 128 valence electrons. The number of hydrogen-bond acceptors (Lipinski definition) is 4. The van der Waals surface area contributed by atoms with Crippen LogP contribution in [-0.2, 0) is 6.54 Å². The highest BCUT2D eigenvalue weighted by Crippen LogP contribution is 2.23. The maximum atomic E-state index is 6.39. The summed E-state index contributed by atoms with van der Waals surface area (Å²) in [6, 6.07) is 14.1. The van der Waals surface area contributed by atoms with Gasteiger partial charge in [-0.3, -0.25) is 4.90 Å². The van der Waals surface area contributed by atoms with Gasteiger partial charge in [-0.25, -0.2) is 9.97 Å². The monoisotopic (exact) mass is 372 g/mol. The van der Waals surface area contributed by atoms with Gasteiger partial charge in [-0.1, -0.05) is 41.4 Å². The van der Waals surface area contributed by atoms with Crippen molar-refractivity contribution in [2.75, 3.05) is 31.1 Å². The molecule has 0 aliphatic carbocycles. The van der Waals surface area contributed by atoms with E-state index in [0.29, 0.717) is 10.2 Å². The Labute approximate surface area is 157 Å². The Morgan fingerprint density at radius 3 is 2.52 bits per heavy atom. The molecule has 0 bridgehead atoms. The molecule has 0 amide bonds. The highest BCUT2D eigenvalue weighted by molar-refractivity contribution is 6.30. The summed E-state index contributed by atoms with van der Waals surface area (Å²) in [5, 5.41) is 2.40. The van der Waals surface area contributed by atoms with E-state index in [9.17, 15) is 0 Å². The van der Waals surface area contributed by atoms with Crippen LogP contribution in [0.1, 0.15) is 5.56 Å². The van der Waals surface area contributed by atoms with Crippen LogP contribution in [0.2, 0.25) is 10.2 Å². The average Bonchev–Trinajstić information content (AvgIpc) is 2.64. The molecule has 6 heteroatoms. The molecule has 1 saturated heterocycles. The van der Waals surface area contributed by atoms with Crippen LogP contribution in [0, 0.1) is 0 Å². The van der Waals surface area contributed by atoms with Crippen LogP contribution in [-0.4, -0.2) is 41.0 Å². The summed E-state index contributed by atoms with van der Waals surface area (Å²) in [7, 11) is 0. The minimum Gasteiger partial charge on any atom is -0.354 e. The average molecular weight is 373 g/mol. The van der Waals surface area contributed by atoms with E-state index in [2.05, 4.69) is 31.9 Å². The molecule has 0 radical (unpaired) electrons. The van der Waals surface area contributed by atoms with Crippen molar-refractivity contribution in [3.63, 3.8) is 0 Å². The van der Waals surface area contributed by atoms with Crippen LogP contribution in [0.4, 0.5) is 5.82 Å². The maximum absolute atomic E-state index is 6.39. The lowest BCUT2D eigenvalue weighted by atomic mass is 10.1. The molecule has 1 fully saturated rings. The largest absolute Gasteiger partial charge is 0.354 e. The molecule has 1 aliphatic rings. The molecule has 1 aliphatic heterocycles. The summed E-state index contributed by atoms with van der Waals surface area (Å²) in [5.74, 6) is 0.981. The van der Waals surface area contributed by atoms with Crippen molar-refractivity contribution in [3.8, 4) is 0 Å². The number of para-hydroxylation sites is 1. The SMILES string of the molecule is Clc1ccc(N2CCN(Cc3cc4ccccc4nc3Cl)CC2)nc1. The number of nitrogens with zero attached hydrogens (tertiary/aromatic N) is 4. The Morgan fingerprint density at radius 2 is 1.76 bits per heavy atom. The van der Waals surface area contributed by atoms with Crippen LogP contribution in [0.25, 0.3) is 10.9 Å². The first kappa shape index (κ1) is 16.6. The van der Waals surface area contributed by atoms with Crippen LogP contribution >= 0.6 is 23.2 Å². The predicted molar refractivity (Wildman–Crippen MR) is 103 cm³/mol. The van der Waals surface area contributed by atoms with E-state index < -0.39 is 0 Å². The van der Waals surface area contributed by atoms with Crippen molar-refractivity contribution >= 4 is 39.9 Å². The summed E-state index contributed by atoms with van der Waals surface area (Å²) in [6.45, 7) is 4.63. The molecule has 0 unspecified atom stereocenters. The molecule has 4 rings (SSSR count). The van der Waals surface area contributed by atoms with Crippen LogP contribution in [0.15, 0.2) is 48.7 Å². The summed E-state index contributed by atoms with van der Waals surface area (Å²) in [6.07, 6.45) is 1.70. The fourth-order valence-electron chi connectivity index (χ4n) is 3.18. The van der Waals surface area contributed by atoms with E-state index in [1.165, 1.54) is 0 Å². The highest BCUT2D eigenvalue weighted by Gasteiger charge is 2.19. The lowest BCUT2D eigenvalue weighted by Gasteiger charge is -2.35. The zero-order valence-electron chi connectivity index (χ0n) is 13.7. The van der Waals surface area contributed by atoms with E-state index in [1.807, 2.05) is 30.3 Å². The zero-order chi connectivity index (χ0) is 17.2. The number of anilines is 1. The summed E-state index contributed by atoms with van der Waals surface area (Å²) in [5.41, 5.74) is 2.02. The molecule has 25 heavy (non-hydrogen) atoms. The van der Waals surface area contributed by atoms with Gasteiger partial charge in [0.15, 0.2) is 0 Å². The second-order valence-corrected chi connectivity index (χ2v) is 7.02. The third-order valence-corrected chi connectivity index (χ3v) is 5.10. The van der Waals surface area contributed by atoms with E-state index >= 15 is 0 Å². The fourth-order valence-corrected chi connectivity index (χ4v) is 3.50. The first-order chi connectivity index (χ1) is 12.2. The van der Waals surface area contributed by atoms with E-state index in [-0.39, 0.29) is 0 Å². The summed E-state index contributed by atoms with van der Waals surface area (Å²) in [4.78, 5) is 13.6. The van der Waals surface area contributed by atoms with Crippen molar-refractivity contribution in [2.24, 2.45) is 0 Å². The van der Waals surface area contributed by atoms with Crippen molar-refractivity contribution in [1.29, 1.82) is 0 Å². The van der Waals surface area contributed by atoms with Crippen LogP contribution in [0.3, 0.4) is 0 Å². The molecular formula is C19H18Cl2N4. The van der Waals surface area contributed by atoms with Crippen molar-refractivity contribution in [1.82, 2.24) is 14.9 Å². The van der Waals surface area contributed by atoms with Gasteiger partial charge in [0.25, 0.3) is 0 Å². The number of rotatable bonds is 3. The quantitative estimate of drug-likeness (QED) is 0.643. The predicted octanol–water partition coefficient (Wildman–Crippen LogP) is 4.26. The van der Waals surface area contributed by atoms with Crippen LogP contribution < -0.4 is 4.90 Å². The van der Waals surface area contributed by atoms with Gasteiger partial charge in [-0.05, 0) is 24.3 Å². The Hall–Kier alpha value is -1.88. The summed E-state index contributed by atoms with van der Waals surface area (Å²) >= 11 is 12.3. The number of piperazine rings is 1. The molecule has 1 aromatic carbocycles. The van der Waals surface area contributed by atoms with Gasteiger partial charge in [0.2, 0.25) is 0 Å². The fraction of sp³-hybridized carbons (Fsp3) is 0.263. The molecule has 3 heterocycles. The molecule has 3 aromatic rings. The van der Waals surface area contributed by atoms with Gasteiger partial charge in [-0.15, -0.1) is 0 Å². The lowest BCUT2D eigenvalue weighted by Crippen LogP contribution is -2.46. The van der Waals surface area contributed by atoms with Crippen molar-refractivity contribution in [3.05, 3.63) is 64.4 Å². The molecule has 2 aromatic heterocycles. The van der Waals surface area contributed by atoms with Crippen molar-refractivity contribution < 1.29 is 0 Å². The Kier molecular flexibility index (Phi) is 4.75. The topological polar surface area (TPSA) is 32.3 Å². The third-order valence-electron chi connectivity index (χ3n) is 4.55. The van der Waals surface area contributed by atoms with Crippen LogP contribution in [0.5, 0.6) is 0 Å². The minimum atomic E-state index is 0.598. The maximum Gasteiger partial charge on any atom is 0.134 e. The second-order valence-electron chi connectivity index (χ2n) is 6.23. The number of hydrogen-bond donors (Lipinski definition) is 0. The van der Waals surface area contributed by atoms with Gasteiger partial charge in [-0.2, -0.15) is 0 Å². The molecule has 4 nitrogen and oxygen atoms in total. The molecule has 0 spiro atoms. The number of aromatic nitrogens is 2. The smallest absolute Gasteiger partial charge is 0.134 e. The first-order valence-electron chi connectivity index (χ1n) is 8.32. The summed E-state index contributed by atoms with van der Waals surface area (Å²) < 4.78 is 0. The zero-order valence-corrected chi connectivity index (χ0v) is 15.2. The van der Waals surface area contributed by atoms with Gasteiger partial charge in [0, 0.05) is 49.9 Å². The van der Waals surface area contributed by atoms with E-state index in [0.717, 1.165) is 55.0 Å². The van der Waals surface area contributed by atoms with Gasteiger partial charge < -0.3 is 4.90 Å². The van der Waals surface area contributed by atoms with Gasteiger partial charge >= 0.3 is 0 Å². The van der Waals surface area contributed by atoms with E-state index in [4.69, 9.17) is 23.2 Å². The number of pyridine rings is 2.